The number of hydrogen-bond acceptors (Lipinski definition) is 5. The summed E-state index contributed by atoms with van der Waals surface area (Å²) < 4.78 is 5.25. The van der Waals surface area contributed by atoms with Crippen LogP contribution < -0.4 is 10.6 Å². The molecule has 1 saturated carbocycles. The number of nitrogens with one attached hydrogen (secondary N) is 2. The van der Waals surface area contributed by atoms with E-state index in [1.54, 1.807) is 6.20 Å². The second kappa shape index (κ2) is 7.71. The molecular weight excluding hydrogens is 292 g/mol. The fourth-order valence-electron chi connectivity index (χ4n) is 2.10. The number of pyridine rings is 1. The maximum absolute atomic E-state index is 5.25. The topological polar surface area (TPSA) is 88.2 Å². The van der Waals surface area contributed by atoms with Gasteiger partial charge in [-0.1, -0.05) is 11.2 Å². The van der Waals surface area contributed by atoms with E-state index in [0.29, 0.717) is 30.4 Å². The Balaban J connectivity index is 1.49. The molecule has 2 heterocycles. The van der Waals surface area contributed by atoms with Crippen molar-refractivity contribution in [1.82, 2.24) is 25.8 Å². The molecule has 1 fully saturated rings. The molecule has 0 saturated heterocycles. The van der Waals surface area contributed by atoms with Gasteiger partial charge < -0.3 is 15.2 Å². The zero-order valence-corrected chi connectivity index (χ0v) is 13.3. The number of hydrogen-bond donors (Lipinski definition) is 2. The maximum Gasteiger partial charge on any atom is 0.276 e. The van der Waals surface area contributed by atoms with Crippen molar-refractivity contribution in [3.63, 3.8) is 0 Å². The summed E-state index contributed by atoms with van der Waals surface area (Å²) >= 11 is 0. The van der Waals surface area contributed by atoms with Gasteiger partial charge in [-0.05, 0) is 37.8 Å². The summed E-state index contributed by atoms with van der Waals surface area (Å²) in [5.41, 5.74) is 0.693. The Labute approximate surface area is 135 Å². The average Bonchev–Trinajstić information content (AvgIpc) is 3.30. The highest BCUT2D eigenvalue weighted by molar-refractivity contribution is 5.79. The molecule has 1 aliphatic carbocycles. The summed E-state index contributed by atoms with van der Waals surface area (Å²) in [6.07, 6.45) is 4.99. The largest absolute Gasteiger partial charge is 0.357 e. The first-order valence-electron chi connectivity index (χ1n) is 8.11. The van der Waals surface area contributed by atoms with Crippen LogP contribution in [-0.2, 0) is 6.42 Å². The smallest absolute Gasteiger partial charge is 0.276 e. The lowest BCUT2D eigenvalue weighted by Crippen LogP contribution is -2.38. The molecule has 0 atom stereocenters. The second-order valence-corrected chi connectivity index (χ2v) is 5.57. The highest BCUT2D eigenvalue weighted by atomic mass is 16.5. The molecule has 0 aromatic carbocycles. The third-order valence-corrected chi connectivity index (χ3v) is 3.54. The van der Waals surface area contributed by atoms with Gasteiger partial charge in [-0.15, -0.1) is 0 Å². The predicted molar refractivity (Wildman–Crippen MR) is 87.9 cm³/mol. The Morgan fingerprint density at radius 1 is 1.35 bits per heavy atom. The van der Waals surface area contributed by atoms with Crippen LogP contribution in [0.5, 0.6) is 0 Å². The molecule has 3 rings (SSSR count). The fraction of sp³-hybridized carbons (Fsp3) is 0.500. The Hall–Kier alpha value is -2.44. The molecule has 2 N–H and O–H groups in total. The molecule has 0 bridgehead atoms. The number of aliphatic imine (C=N–C) groups is 1. The summed E-state index contributed by atoms with van der Waals surface area (Å²) in [5.74, 6) is 2.75. The van der Waals surface area contributed by atoms with Crippen molar-refractivity contribution in [1.29, 1.82) is 0 Å². The van der Waals surface area contributed by atoms with E-state index in [1.807, 2.05) is 18.2 Å². The molecule has 0 aliphatic heterocycles. The van der Waals surface area contributed by atoms with Gasteiger partial charge >= 0.3 is 0 Å². The molecule has 0 amide bonds. The molecule has 0 unspecified atom stereocenters. The molecule has 23 heavy (non-hydrogen) atoms. The molecule has 0 radical (unpaired) electrons. The molecule has 2 aromatic heterocycles. The fourth-order valence-corrected chi connectivity index (χ4v) is 2.10. The van der Waals surface area contributed by atoms with E-state index in [-0.39, 0.29) is 0 Å². The molecule has 2 aromatic rings. The monoisotopic (exact) mass is 314 g/mol. The lowest BCUT2D eigenvalue weighted by atomic mass is 10.3. The molecule has 1 aliphatic rings. The minimum Gasteiger partial charge on any atom is -0.357 e. The molecule has 122 valence electrons. The van der Waals surface area contributed by atoms with Crippen LogP contribution in [0.3, 0.4) is 0 Å². The SMILES string of the molecule is CCNC(=NCC1CC1)NCCc1noc(-c2ccccn2)n1. The standard InChI is InChI=1S/C16H22N6O/c1-2-17-16(20-11-12-6-7-12)19-10-8-14-21-15(23-22-14)13-5-3-4-9-18-13/h3-5,9,12H,2,6-8,10-11H2,1H3,(H2,17,19,20). The first kappa shape index (κ1) is 15.5. The van der Waals surface area contributed by atoms with E-state index in [1.165, 1.54) is 12.8 Å². The number of nitrogens with zero attached hydrogens (tertiary/aromatic N) is 4. The summed E-state index contributed by atoms with van der Waals surface area (Å²) in [6, 6.07) is 5.60. The summed E-state index contributed by atoms with van der Waals surface area (Å²) in [6.45, 7) is 4.52. The lowest BCUT2D eigenvalue weighted by molar-refractivity contribution is 0.421. The zero-order valence-electron chi connectivity index (χ0n) is 13.3. The van der Waals surface area contributed by atoms with Crippen molar-refractivity contribution in [3.05, 3.63) is 30.2 Å². The average molecular weight is 314 g/mol. The normalized spacial score (nSPS) is 14.7. The highest BCUT2D eigenvalue weighted by Gasteiger charge is 2.20. The van der Waals surface area contributed by atoms with Crippen LogP contribution in [0.25, 0.3) is 11.6 Å². The lowest BCUT2D eigenvalue weighted by Gasteiger charge is -2.09. The van der Waals surface area contributed by atoms with Gasteiger partial charge in [-0.3, -0.25) is 9.98 Å². The Morgan fingerprint density at radius 2 is 2.26 bits per heavy atom. The van der Waals surface area contributed by atoms with Gasteiger partial charge in [0.1, 0.15) is 5.69 Å². The highest BCUT2D eigenvalue weighted by Crippen LogP contribution is 2.28. The third kappa shape index (κ3) is 4.77. The second-order valence-electron chi connectivity index (χ2n) is 5.57. The quantitative estimate of drug-likeness (QED) is 0.596. The van der Waals surface area contributed by atoms with Crippen LogP contribution in [-0.4, -0.2) is 40.7 Å². The van der Waals surface area contributed by atoms with E-state index in [2.05, 4.69) is 37.7 Å². The van der Waals surface area contributed by atoms with E-state index in [0.717, 1.165) is 25.0 Å². The van der Waals surface area contributed by atoms with Crippen LogP contribution in [0, 0.1) is 5.92 Å². The van der Waals surface area contributed by atoms with E-state index in [9.17, 15) is 0 Å². The van der Waals surface area contributed by atoms with Crippen LogP contribution in [0.1, 0.15) is 25.6 Å². The Bertz CT molecular complexity index is 635. The van der Waals surface area contributed by atoms with Gasteiger partial charge in [0.15, 0.2) is 11.8 Å². The van der Waals surface area contributed by atoms with Crippen LogP contribution in [0.2, 0.25) is 0 Å². The van der Waals surface area contributed by atoms with Crippen molar-refractivity contribution < 1.29 is 4.52 Å². The molecular formula is C16H22N6O. The molecule has 0 spiro atoms. The predicted octanol–water partition coefficient (Wildman–Crippen LogP) is 1.64. The van der Waals surface area contributed by atoms with Gasteiger partial charge in [0.25, 0.3) is 5.89 Å². The van der Waals surface area contributed by atoms with E-state index >= 15 is 0 Å². The van der Waals surface area contributed by atoms with E-state index in [4.69, 9.17) is 4.52 Å². The van der Waals surface area contributed by atoms with Gasteiger partial charge in [0.2, 0.25) is 0 Å². The van der Waals surface area contributed by atoms with Gasteiger partial charge in [0.05, 0.1) is 0 Å². The van der Waals surface area contributed by atoms with Gasteiger partial charge in [-0.2, -0.15) is 4.98 Å². The van der Waals surface area contributed by atoms with Crippen LogP contribution in [0.15, 0.2) is 33.9 Å². The summed E-state index contributed by atoms with van der Waals surface area (Å²) in [7, 11) is 0. The number of rotatable bonds is 7. The summed E-state index contributed by atoms with van der Waals surface area (Å²) in [4.78, 5) is 13.1. The first-order chi connectivity index (χ1) is 11.3. The van der Waals surface area contributed by atoms with Gasteiger partial charge in [0, 0.05) is 32.3 Å². The molecule has 7 heteroatoms. The maximum atomic E-state index is 5.25. The molecule has 7 nitrogen and oxygen atoms in total. The number of aromatic nitrogens is 3. The van der Waals surface area contributed by atoms with Crippen molar-refractivity contribution >= 4 is 5.96 Å². The van der Waals surface area contributed by atoms with Crippen molar-refractivity contribution in [2.75, 3.05) is 19.6 Å². The van der Waals surface area contributed by atoms with Crippen molar-refractivity contribution in [3.8, 4) is 11.6 Å². The minimum absolute atomic E-state index is 0.454. The van der Waals surface area contributed by atoms with Crippen LogP contribution >= 0.6 is 0 Å². The third-order valence-electron chi connectivity index (χ3n) is 3.54. The number of guanidine groups is 1. The van der Waals surface area contributed by atoms with Crippen molar-refractivity contribution in [2.45, 2.75) is 26.2 Å². The Morgan fingerprint density at radius 3 is 3.00 bits per heavy atom. The van der Waals surface area contributed by atoms with Crippen molar-refractivity contribution in [2.24, 2.45) is 10.9 Å². The van der Waals surface area contributed by atoms with Gasteiger partial charge in [-0.25, -0.2) is 0 Å². The minimum atomic E-state index is 0.454. The van der Waals surface area contributed by atoms with E-state index < -0.39 is 0 Å². The van der Waals surface area contributed by atoms with Crippen LogP contribution in [0.4, 0.5) is 0 Å². The first-order valence-corrected chi connectivity index (χ1v) is 8.11. The summed E-state index contributed by atoms with van der Waals surface area (Å²) in [5, 5.41) is 10.5. The Kier molecular flexibility index (Phi) is 5.18. The zero-order chi connectivity index (χ0) is 15.9.